The lowest BCUT2D eigenvalue weighted by molar-refractivity contribution is -0.139. The van der Waals surface area contributed by atoms with Gasteiger partial charge in [-0.25, -0.2) is 0 Å². The SMILES string of the molecule is O=C(Nc1ccccc1)C1CCN(C(=O)[C@H]2COc3ccc(Cl)cc3C2)CC1. The minimum Gasteiger partial charge on any atom is -0.492 e. The van der Waals surface area contributed by atoms with E-state index in [-0.39, 0.29) is 23.7 Å². The molecule has 2 amide bonds. The zero-order valence-electron chi connectivity index (χ0n) is 15.6. The highest BCUT2D eigenvalue weighted by molar-refractivity contribution is 6.30. The molecule has 1 N–H and O–H groups in total. The minimum atomic E-state index is -0.194. The third-order valence-electron chi connectivity index (χ3n) is 5.50. The number of halogens is 1. The summed E-state index contributed by atoms with van der Waals surface area (Å²) < 4.78 is 5.76. The zero-order chi connectivity index (χ0) is 19.5. The molecule has 146 valence electrons. The van der Waals surface area contributed by atoms with Crippen molar-refractivity contribution in [2.45, 2.75) is 19.3 Å². The summed E-state index contributed by atoms with van der Waals surface area (Å²) in [4.78, 5) is 27.3. The van der Waals surface area contributed by atoms with E-state index >= 15 is 0 Å². The third kappa shape index (κ3) is 4.14. The quantitative estimate of drug-likeness (QED) is 0.856. The largest absolute Gasteiger partial charge is 0.492 e. The number of benzene rings is 2. The second kappa shape index (κ2) is 8.23. The summed E-state index contributed by atoms with van der Waals surface area (Å²) in [6, 6.07) is 15.0. The van der Waals surface area contributed by atoms with E-state index in [0.717, 1.165) is 17.0 Å². The molecule has 2 aliphatic rings. The lowest BCUT2D eigenvalue weighted by atomic mass is 9.92. The van der Waals surface area contributed by atoms with Gasteiger partial charge in [-0.15, -0.1) is 0 Å². The molecule has 28 heavy (non-hydrogen) atoms. The monoisotopic (exact) mass is 398 g/mol. The van der Waals surface area contributed by atoms with Crippen LogP contribution in [0.1, 0.15) is 18.4 Å². The van der Waals surface area contributed by atoms with Crippen molar-refractivity contribution in [3.8, 4) is 5.75 Å². The lowest BCUT2D eigenvalue weighted by Crippen LogP contribution is -2.46. The number of carbonyl (C=O) groups is 2. The number of para-hydroxylation sites is 1. The summed E-state index contributed by atoms with van der Waals surface area (Å²) in [6.07, 6.45) is 2.00. The van der Waals surface area contributed by atoms with E-state index in [1.165, 1.54) is 0 Å². The van der Waals surface area contributed by atoms with Gasteiger partial charge in [0, 0.05) is 29.7 Å². The number of likely N-dealkylation sites (tertiary alicyclic amines) is 1. The predicted molar refractivity (Wildman–Crippen MR) is 109 cm³/mol. The number of ether oxygens (including phenoxy) is 1. The molecule has 6 heteroatoms. The fourth-order valence-corrected chi connectivity index (χ4v) is 4.10. The van der Waals surface area contributed by atoms with Gasteiger partial charge in [0.05, 0.1) is 5.92 Å². The fourth-order valence-electron chi connectivity index (χ4n) is 3.91. The Morgan fingerprint density at radius 3 is 2.54 bits per heavy atom. The molecule has 2 aromatic rings. The highest BCUT2D eigenvalue weighted by Gasteiger charge is 2.33. The number of hydrogen-bond acceptors (Lipinski definition) is 3. The zero-order valence-corrected chi connectivity index (χ0v) is 16.3. The number of hydrogen-bond donors (Lipinski definition) is 1. The number of nitrogens with one attached hydrogen (secondary N) is 1. The molecule has 1 fully saturated rings. The van der Waals surface area contributed by atoms with Crippen molar-refractivity contribution < 1.29 is 14.3 Å². The van der Waals surface area contributed by atoms with Crippen LogP contribution in [0.5, 0.6) is 5.75 Å². The van der Waals surface area contributed by atoms with E-state index in [0.29, 0.717) is 44.0 Å². The van der Waals surface area contributed by atoms with E-state index in [2.05, 4.69) is 5.32 Å². The normalized spacial score (nSPS) is 19.5. The number of fused-ring (bicyclic) bond motifs is 1. The van der Waals surface area contributed by atoms with E-state index in [9.17, 15) is 9.59 Å². The van der Waals surface area contributed by atoms with Crippen molar-refractivity contribution in [2.75, 3.05) is 25.0 Å². The van der Waals surface area contributed by atoms with Crippen LogP contribution < -0.4 is 10.1 Å². The molecular formula is C22H23ClN2O3. The minimum absolute atomic E-state index is 0.0304. The van der Waals surface area contributed by atoms with Gasteiger partial charge in [-0.1, -0.05) is 29.8 Å². The Hall–Kier alpha value is -2.53. The Morgan fingerprint density at radius 1 is 1.04 bits per heavy atom. The number of anilines is 1. The van der Waals surface area contributed by atoms with Crippen molar-refractivity contribution in [2.24, 2.45) is 11.8 Å². The van der Waals surface area contributed by atoms with Crippen LogP contribution in [0.4, 0.5) is 5.69 Å². The van der Waals surface area contributed by atoms with Gasteiger partial charge < -0.3 is 15.0 Å². The molecule has 2 heterocycles. The number of rotatable bonds is 3. The highest BCUT2D eigenvalue weighted by atomic mass is 35.5. The van der Waals surface area contributed by atoms with Crippen LogP contribution in [0.15, 0.2) is 48.5 Å². The topological polar surface area (TPSA) is 58.6 Å². The molecule has 1 saturated heterocycles. The van der Waals surface area contributed by atoms with E-state index in [4.69, 9.17) is 16.3 Å². The molecule has 1 atom stereocenters. The fraction of sp³-hybridized carbons (Fsp3) is 0.364. The van der Waals surface area contributed by atoms with Crippen LogP contribution in [0.3, 0.4) is 0 Å². The van der Waals surface area contributed by atoms with Gasteiger partial charge in [0.25, 0.3) is 0 Å². The lowest BCUT2D eigenvalue weighted by Gasteiger charge is -2.35. The summed E-state index contributed by atoms with van der Waals surface area (Å²) >= 11 is 6.07. The van der Waals surface area contributed by atoms with Crippen molar-refractivity contribution in [1.82, 2.24) is 4.90 Å². The number of nitrogens with zero attached hydrogens (tertiary/aromatic N) is 1. The first-order valence-corrected chi connectivity index (χ1v) is 10.0. The summed E-state index contributed by atoms with van der Waals surface area (Å²) in [5.41, 5.74) is 1.79. The van der Waals surface area contributed by atoms with Crippen LogP contribution in [-0.2, 0) is 16.0 Å². The number of amides is 2. The van der Waals surface area contributed by atoms with Crippen LogP contribution in [0.2, 0.25) is 5.02 Å². The van der Waals surface area contributed by atoms with Gasteiger partial charge in [-0.3, -0.25) is 9.59 Å². The van der Waals surface area contributed by atoms with Gasteiger partial charge in [-0.2, -0.15) is 0 Å². The average molecular weight is 399 g/mol. The molecular weight excluding hydrogens is 376 g/mol. The Labute approximate surface area is 169 Å². The molecule has 2 aromatic carbocycles. The molecule has 0 aromatic heterocycles. The van der Waals surface area contributed by atoms with Crippen molar-refractivity contribution >= 4 is 29.1 Å². The molecule has 2 aliphatic heterocycles. The first-order chi connectivity index (χ1) is 13.6. The molecule has 5 nitrogen and oxygen atoms in total. The van der Waals surface area contributed by atoms with Gasteiger partial charge in [0.15, 0.2) is 0 Å². The molecule has 4 rings (SSSR count). The second-order valence-corrected chi connectivity index (χ2v) is 7.86. The molecule has 0 bridgehead atoms. The van der Waals surface area contributed by atoms with E-state index in [1.54, 1.807) is 6.07 Å². The van der Waals surface area contributed by atoms with Crippen LogP contribution in [-0.4, -0.2) is 36.4 Å². The Kier molecular flexibility index (Phi) is 5.53. The van der Waals surface area contributed by atoms with Crippen LogP contribution >= 0.6 is 11.6 Å². The van der Waals surface area contributed by atoms with Crippen molar-refractivity contribution in [3.05, 3.63) is 59.1 Å². The first kappa shape index (κ1) is 18.8. The van der Waals surface area contributed by atoms with Crippen LogP contribution in [0.25, 0.3) is 0 Å². The summed E-state index contributed by atoms with van der Waals surface area (Å²) in [6.45, 7) is 1.59. The first-order valence-electron chi connectivity index (χ1n) is 9.66. The van der Waals surface area contributed by atoms with Gasteiger partial charge >= 0.3 is 0 Å². The summed E-state index contributed by atoms with van der Waals surface area (Å²) in [7, 11) is 0. The summed E-state index contributed by atoms with van der Waals surface area (Å²) in [5.74, 6) is 0.687. The molecule has 0 saturated carbocycles. The maximum absolute atomic E-state index is 12.9. The standard InChI is InChI=1S/C22H23ClN2O3/c23-18-6-7-20-16(13-18)12-17(14-28-20)22(27)25-10-8-15(9-11-25)21(26)24-19-4-2-1-3-5-19/h1-7,13,15,17H,8-12,14H2,(H,24,26)/t17-/m1/s1. The second-order valence-electron chi connectivity index (χ2n) is 7.42. The molecule has 0 spiro atoms. The maximum atomic E-state index is 12.9. The van der Waals surface area contributed by atoms with Crippen LogP contribution in [0, 0.1) is 11.8 Å². The average Bonchev–Trinajstić information content (AvgIpc) is 2.73. The Bertz CT molecular complexity index is 863. The molecule has 0 radical (unpaired) electrons. The Balaban J connectivity index is 1.31. The maximum Gasteiger partial charge on any atom is 0.229 e. The highest BCUT2D eigenvalue weighted by Crippen LogP contribution is 2.31. The van der Waals surface area contributed by atoms with E-state index in [1.807, 2.05) is 47.4 Å². The molecule has 0 aliphatic carbocycles. The van der Waals surface area contributed by atoms with Gasteiger partial charge in [0.1, 0.15) is 12.4 Å². The third-order valence-corrected chi connectivity index (χ3v) is 5.73. The summed E-state index contributed by atoms with van der Waals surface area (Å²) in [5, 5.41) is 3.61. The van der Waals surface area contributed by atoms with Crippen molar-refractivity contribution in [3.63, 3.8) is 0 Å². The predicted octanol–water partition coefficient (Wildman–Crippen LogP) is 3.77. The molecule has 0 unspecified atom stereocenters. The van der Waals surface area contributed by atoms with E-state index < -0.39 is 0 Å². The number of piperidine rings is 1. The number of carbonyl (C=O) groups excluding carboxylic acids is 2. The van der Waals surface area contributed by atoms with Gasteiger partial charge in [-0.05, 0) is 55.2 Å². The van der Waals surface area contributed by atoms with Crippen molar-refractivity contribution in [1.29, 1.82) is 0 Å². The van der Waals surface area contributed by atoms with Gasteiger partial charge in [0.2, 0.25) is 11.8 Å². The smallest absolute Gasteiger partial charge is 0.229 e. The Morgan fingerprint density at radius 2 is 1.79 bits per heavy atom.